The van der Waals surface area contributed by atoms with Gasteiger partial charge in [-0.1, -0.05) is 158 Å². The maximum Gasteiger partial charge on any atom is 0.143 e. The molecule has 0 aliphatic carbocycles. The topological polar surface area (TPSA) is 21.3 Å². The van der Waals surface area contributed by atoms with Crippen LogP contribution in [-0.2, 0) is 0 Å². The lowest BCUT2D eigenvalue weighted by Gasteiger charge is -2.28. The molecule has 4 heteroatoms. The van der Waals surface area contributed by atoms with E-state index in [2.05, 4.69) is 222 Å². The molecule has 290 valence electrons. The first-order valence-corrected chi connectivity index (χ1v) is 21.9. The third kappa shape index (κ3) is 5.30. The van der Waals surface area contributed by atoms with Gasteiger partial charge in [0, 0.05) is 69.8 Å². The van der Waals surface area contributed by atoms with Crippen LogP contribution in [0.4, 0.5) is 17.1 Å². The van der Waals surface area contributed by atoms with Crippen LogP contribution in [0, 0.1) is 0 Å². The number of benzene rings is 10. The number of thiophene rings is 1. The molecule has 0 unspecified atom stereocenters. The molecule has 3 heterocycles. The highest BCUT2D eigenvalue weighted by molar-refractivity contribution is 7.26. The quantitative estimate of drug-likeness (QED) is 0.167. The van der Waals surface area contributed by atoms with Gasteiger partial charge in [-0.25, -0.2) is 0 Å². The van der Waals surface area contributed by atoms with Crippen molar-refractivity contribution in [2.75, 3.05) is 4.90 Å². The summed E-state index contributed by atoms with van der Waals surface area (Å²) < 4.78 is 11.5. The smallest absolute Gasteiger partial charge is 0.143 e. The van der Waals surface area contributed by atoms with E-state index in [-0.39, 0.29) is 0 Å². The number of hydrogen-bond donors (Lipinski definition) is 0. The van der Waals surface area contributed by atoms with E-state index >= 15 is 0 Å². The summed E-state index contributed by atoms with van der Waals surface area (Å²) in [5.41, 5.74) is 13.2. The van der Waals surface area contributed by atoms with Gasteiger partial charge in [-0.15, -0.1) is 11.3 Å². The summed E-state index contributed by atoms with van der Waals surface area (Å²) in [7, 11) is 0. The number of fused-ring (bicyclic) bond motifs is 10. The highest BCUT2D eigenvalue weighted by atomic mass is 32.1. The van der Waals surface area contributed by atoms with E-state index in [1.54, 1.807) is 0 Å². The molecule has 0 atom stereocenters. The standard InChI is InChI=1S/C58H36N2OS/c1-2-16-38-35-41(32-31-37(38)15-1)59(40-18-13-17-39(36-40)42-24-14-25-47-46-22-6-11-29-54(46)61-57(42)47)53-34-33-48(58-56(53)49-23-7-12-30-55(49)62-58)45-21-5-10-28-52(45)60-50-26-8-3-19-43(50)44-20-4-9-27-51(44)60/h1-36H. The van der Waals surface area contributed by atoms with Crippen molar-refractivity contribution in [2.24, 2.45) is 0 Å². The fraction of sp³-hybridized carbons (Fsp3) is 0. The van der Waals surface area contributed by atoms with Gasteiger partial charge in [0.15, 0.2) is 0 Å². The second-order valence-corrected chi connectivity index (χ2v) is 17.1. The van der Waals surface area contributed by atoms with Crippen molar-refractivity contribution in [2.45, 2.75) is 0 Å². The van der Waals surface area contributed by atoms with Crippen LogP contribution in [-0.4, -0.2) is 4.57 Å². The number of para-hydroxylation sites is 5. The number of nitrogens with zero attached hydrogens (tertiary/aromatic N) is 2. The Labute approximate surface area is 361 Å². The van der Waals surface area contributed by atoms with E-state index in [1.807, 2.05) is 17.4 Å². The Morgan fingerprint density at radius 2 is 1.06 bits per heavy atom. The molecule has 0 fully saturated rings. The minimum Gasteiger partial charge on any atom is -0.455 e. The molecule has 0 saturated carbocycles. The first-order valence-electron chi connectivity index (χ1n) is 21.1. The van der Waals surface area contributed by atoms with Gasteiger partial charge in [0.25, 0.3) is 0 Å². The third-order valence-electron chi connectivity index (χ3n) is 12.6. The van der Waals surface area contributed by atoms with Crippen LogP contribution in [0.15, 0.2) is 223 Å². The van der Waals surface area contributed by atoms with Crippen LogP contribution in [0.1, 0.15) is 0 Å². The Kier molecular flexibility index (Phi) is 7.78. The summed E-state index contributed by atoms with van der Waals surface area (Å²) in [5.74, 6) is 0. The molecule has 0 aliphatic heterocycles. The average molecular weight is 809 g/mol. The third-order valence-corrected chi connectivity index (χ3v) is 13.8. The number of furan rings is 1. The Bertz CT molecular complexity index is 3850. The summed E-state index contributed by atoms with van der Waals surface area (Å²) in [6.07, 6.45) is 0. The molecule has 62 heavy (non-hydrogen) atoms. The molecule has 0 spiro atoms. The first kappa shape index (κ1) is 34.9. The fourth-order valence-corrected chi connectivity index (χ4v) is 11.1. The molecule has 0 amide bonds. The first-order chi connectivity index (χ1) is 30.8. The largest absolute Gasteiger partial charge is 0.455 e. The van der Waals surface area contributed by atoms with Gasteiger partial charge >= 0.3 is 0 Å². The minimum atomic E-state index is 0.899. The zero-order valence-electron chi connectivity index (χ0n) is 33.5. The highest BCUT2D eigenvalue weighted by Crippen LogP contribution is 2.50. The number of aromatic nitrogens is 1. The minimum absolute atomic E-state index is 0.899. The van der Waals surface area contributed by atoms with Gasteiger partial charge < -0.3 is 13.9 Å². The zero-order chi connectivity index (χ0) is 40.7. The second kappa shape index (κ2) is 13.8. The lowest BCUT2D eigenvalue weighted by atomic mass is 9.98. The molecular weight excluding hydrogens is 773 g/mol. The predicted octanol–water partition coefficient (Wildman–Crippen LogP) is 17.0. The van der Waals surface area contributed by atoms with Crippen LogP contribution in [0.2, 0.25) is 0 Å². The summed E-state index contributed by atoms with van der Waals surface area (Å²) in [6.45, 7) is 0. The molecule has 3 nitrogen and oxygen atoms in total. The van der Waals surface area contributed by atoms with Crippen LogP contribution in [0.3, 0.4) is 0 Å². The zero-order valence-corrected chi connectivity index (χ0v) is 34.3. The van der Waals surface area contributed by atoms with E-state index in [4.69, 9.17) is 4.42 Å². The predicted molar refractivity (Wildman–Crippen MR) is 264 cm³/mol. The number of rotatable bonds is 6. The van der Waals surface area contributed by atoms with Crippen molar-refractivity contribution < 1.29 is 4.42 Å². The van der Waals surface area contributed by atoms with Crippen LogP contribution in [0.5, 0.6) is 0 Å². The Morgan fingerprint density at radius 1 is 0.419 bits per heavy atom. The van der Waals surface area contributed by atoms with Crippen molar-refractivity contribution in [3.8, 4) is 27.9 Å². The normalized spacial score (nSPS) is 11.9. The monoisotopic (exact) mass is 808 g/mol. The second-order valence-electron chi connectivity index (χ2n) is 16.0. The highest BCUT2D eigenvalue weighted by Gasteiger charge is 2.24. The Morgan fingerprint density at radius 3 is 1.92 bits per heavy atom. The maximum absolute atomic E-state index is 6.58. The fourth-order valence-electron chi connectivity index (χ4n) is 9.82. The molecule has 0 saturated heterocycles. The van der Waals surface area contributed by atoms with Crippen LogP contribution < -0.4 is 4.90 Å². The Balaban J connectivity index is 1.07. The molecule has 0 radical (unpaired) electrons. The molecule has 13 aromatic rings. The summed E-state index contributed by atoms with van der Waals surface area (Å²) in [5, 5.41) is 9.65. The molecule has 0 N–H and O–H groups in total. The van der Waals surface area contributed by atoms with E-state index in [0.29, 0.717) is 0 Å². The number of hydrogen-bond acceptors (Lipinski definition) is 3. The van der Waals surface area contributed by atoms with Gasteiger partial charge in [0.05, 0.1) is 22.4 Å². The van der Waals surface area contributed by atoms with Gasteiger partial charge in [0.2, 0.25) is 0 Å². The van der Waals surface area contributed by atoms with Gasteiger partial charge in [0.1, 0.15) is 11.2 Å². The molecule has 0 aliphatic rings. The average Bonchev–Trinajstić information content (AvgIpc) is 4.02. The van der Waals surface area contributed by atoms with E-state index < -0.39 is 0 Å². The van der Waals surface area contributed by atoms with E-state index in [1.165, 1.54) is 63.9 Å². The molecule has 10 aromatic carbocycles. The molecular formula is C58H36N2OS. The number of anilines is 3. The van der Waals surface area contributed by atoms with Crippen molar-refractivity contribution in [1.29, 1.82) is 0 Å². The summed E-state index contributed by atoms with van der Waals surface area (Å²) in [4.78, 5) is 2.46. The summed E-state index contributed by atoms with van der Waals surface area (Å²) in [6, 6.07) is 79.2. The van der Waals surface area contributed by atoms with Crippen molar-refractivity contribution in [3.63, 3.8) is 0 Å². The molecule has 13 rings (SSSR count). The maximum atomic E-state index is 6.58. The van der Waals surface area contributed by atoms with Gasteiger partial charge in [-0.3, -0.25) is 0 Å². The van der Waals surface area contributed by atoms with E-state index in [9.17, 15) is 0 Å². The summed E-state index contributed by atoms with van der Waals surface area (Å²) >= 11 is 1.88. The SMILES string of the molecule is c1cc(-c2cccc3c2oc2ccccc23)cc(N(c2ccc3ccccc3c2)c2ccc(-c3ccccc3-n3c4ccccc4c4ccccc43)c3sc4ccccc4c23)c1. The van der Waals surface area contributed by atoms with Crippen molar-refractivity contribution in [3.05, 3.63) is 218 Å². The van der Waals surface area contributed by atoms with Crippen molar-refractivity contribution in [1.82, 2.24) is 4.57 Å². The van der Waals surface area contributed by atoms with Crippen LogP contribution >= 0.6 is 11.3 Å². The lowest BCUT2D eigenvalue weighted by molar-refractivity contribution is 0.670. The molecule has 0 bridgehead atoms. The molecule has 3 aromatic heterocycles. The Hall–Kier alpha value is -7.92. The van der Waals surface area contributed by atoms with E-state index in [0.717, 1.165) is 55.8 Å². The van der Waals surface area contributed by atoms with Gasteiger partial charge in [-0.2, -0.15) is 0 Å². The van der Waals surface area contributed by atoms with Gasteiger partial charge in [-0.05, 0) is 77.0 Å². The lowest BCUT2D eigenvalue weighted by Crippen LogP contribution is -2.10. The van der Waals surface area contributed by atoms with Crippen LogP contribution in [0.25, 0.3) is 103 Å². The van der Waals surface area contributed by atoms with Crippen molar-refractivity contribution >= 4 is 103 Å².